The summed E-state index contributed by atoms with van der Waals surface area (Å²) in [6, 6.07) is 9.95. The molecule has 1 N–H and O–H groups in total. The quantitative estimate of drug-likeness (QED) is 0.912. The maximum absolute atomic E-state index is 9.20. The summed E-state index contributed by atoms with van der Waals surface area (Å²) in [5.41, 5.74) is 1.94. The first kappa shape index (κ1) is 13.3. The van der Waals surface area contributed by atoms with E-state index in [4.69, 9.17) is 4.74 Å². The molecule has 1 heterocycles. The van der Waals surface area contributed by atoms with Crippen LogP contribution in [0.2, 0.25) is 0 Å². The van der Waals surface area contributed by atoms with E-state index in [-0.39, 0.29) is 5.60 Å². The Bertz CT molecular complexity index is 629. The highest BCUT2D eigenvalue weighted by molar-refractivity contribution is 5.93. The lowest BCUT2D eigenvalue weighted by atomic mass is 10.1. The second kappa shape index (κ2) is 5.25. The third-order valence-electron chi connectivity index (χ3n) is 3.14. The summed E-state index contributed by atoms with van der Waals surface area (Å²) >= 11 is 0. The van der Waals surface area contributed by atoms with Gasteiger partial charge < -0.3 is 10.1 Å². The summed E-state index contributed by atoms with van der Waals surface area (Å²) in [6.45, 7) is 4.61. The van der Waals surface area contributed by atoms with E-state index in [9.17, 15) is 5.26 Å². The predicted octanol–water partition coefficient (Wildman–Crippen LogP) is 2.94. The summed E-state index contributed by atoms with van der Waals surface area (Å²) in [5, 5.41) is 13.5. The zero-order valence-electron chi connectivity index (χ0n) is 11.4. The number of anilines is 1. The highest BCUT2D eigenvalue weighted by Gasteiger charge is 2.17. The van der Waals surface area contributed by atoms with Gasteiger partial charge in [0.25, 0.3) is 0 Å². The molecule has 2 rings (SSSR count). The number of fused-ring (bicyclic) bond motifs is 1. The molecule has 98 valence electrons. The van der Waals surface area contributed by atoms with Crippen molar-refractivity contribution in [3.05, 3.63) is 36.0 Å². The van der Waals surface area contributed by atoms with E-state index in [2.05, 4.69) is 16.4 Å². The number of nitrogens with zero attached hydrogens (tertiary/aromatic N) is 2. The van der Waals surface area contributed by atoms with Gasteiger partial charge in [-0.3, -0.25) is 4.98 Å². The standard InChI is InChI=1S/C15H17N3O/c1-15(2,19-3)10-18-14-11(8-16)9-17-13-7-5-4-6-12(13)14/h4-7,9H,10H2,1-3H3,(H,17,18). The Labute approximate surface area is 113 Å². The first-order valence-electron chi connectivity index (χ1n) is 6.14. The minimum atomic E-state index is -0.295. The Balaban J connectivity index is 2.43. The Kier molecular flexibility index (Phi) is 3.68. The Morgan fingerprint density at radius 3 is 2.79 bits per heavy atom. The van der Waals surface area contributed by atoms with Crippen LogP contribution in [-0.2, 0) is 4.74 Å². The monoisotopic (exact) mass is 255 g/mol. The van der Waals surface area contributed by atoms with E-state index in [1.54, 1.807) is 13.3 Å². The Hall–Kier alpha value is -2.12. The van der Waals surface area contributed by atoms with E-state index >= 15 is 0 Å². The number of para-hydroxylation sites is 1. The maximum atomic E-state index is 9.20. The lowest BCUT2D eigenvalue weighted by Gasteiger charge is -2.24. The topological polar surface area (TPSA) is 57.9 Å². The lowest BCUT2D eigenvalue weighted by molar-refractivity contribution is 0.0344. The number of rotatable bonds is 4. The van der Waals surface area contributed by atoms with E-state index in [0.29, 0.717) is 12.1 Å². The van der Waals surface area contributed by atoms with Gasteiger partial charge in [-0.15, -0.1) is 0 Å². The number of hydrogen-bond donors (Lipinski definition) is 1. The molecular weight excluding hydrogens is 238 g/mol. The van der Waals surface area contributed by atoms with Gasteiger partial charge in [-0.05, 0) is 19.9 Å². The maximum Gasteiger partial charge on any atom is 0.103 e. The summed E-state index contributed by atoms with van der Waals surface area (Å²) in [6.07, 6.45) is 1.60. The number of benzene rings is 1. The van der Waals surface area contributed by atoms with Gasteiger partial charge in [-0.25, -0.2) is 0 Å². The molecule has 0 amide bonds. The predicted molar refractivity (Wildman–Crippen MR) is 76.0 cm³/mol. The van der Waals surface area contributed by atoms with Crippen molar-refractivity contribution in [3.63, 3.8) is 0 Å². The van der Waals surface area contributed by atoms with Crippen LogP contribution in [0.3, 0.4) is 0 Å². The second-order valence-electron chi connectivity index (χ2n) is 4.99. The van der Waals surface area contributed by atoms with Crippen LogP contribution in [0, 0.1) is 11.3 Å². The van der Waals surface area contributed by atoms with Crippen molar-refractivity contribution in [3.8, 4) is 6.07 Å². The average molecular weight is 255 g/mol. The molecule has 0 saturated carbocycles. The first-order chi connectivity index (χ1) is 9.07. The van der Waals surface area contributed by atoms with Gasteiger partial charge in [0.2, 0.25) is 0 Å². The number of hydrogen-bond acceptors (Lipinski definition) is 4. The Morgan fingerprint density at radius 2 is 2.11 bits per heavy atom. The molecule has 0 fully saturated rings. The highest BCUT2D eigenvalue weighted by Crippen LogP contribution is 2.26. The van der Waals surface area contributed by atoms with Crippen molar-refractivity contribution in [2.24, 2.45) is 0 Å². The van der Waals surface area contributed by atoms with E-state index in [1.807, 2.05) is 38.1 Å². The van der Waals surface area contributed by atoms with Gasteiger partial charge in [-0.1, -0.05) is 18.2 Å². The van der Waals surface area contributed by atoms with Crippen LogP contribution >= 0.6 is 0 Å². The molecule has 1 aromatic carbocycles. The molecule has 0 aliphatic heterocycles. The van der Waals surface area contributed by atoms with Crippen LogP contribution < -0.4 is 5.32 Å². The van der Waals surface area contributed by atoms with Crippen LogP contribution in [0.4, 0.5) is 5.69 Å². The number of nitriles is 1. The van der Waals surface area contributed by atoms with Crippen molar-refractivity contribution >= 4 is 16.6 Å². The van der Waals surface area contributed by atoms with Crippen LogP contribution in [0.5, 0.6) is 0 Å². The van der Waals surface area contributed by atoms with E-state index in [0.717, 1.165) is 16.6 Å². The summed E-state index contributed by atoms with van der Waals surface area (Å²) in [4.78, 5) is 4.28. The minimum Gasteiger partial charge on any atom is -0.381 e. The second-order valence-corrected chi connectivity index (χ2v) is 4.99. The van der Waals surface area contributed by atoms with E-state index < -0.39 is 0 Å². The highest BCUT2D eigenvalue weighted by atomic mass is 16.5. The van der Waals surface area contributed by atoms with Gasteiger partial charge in [0.1, 0.15) is 6.07 Å². The molecule has 0 unspecified atom stereocenters. The normalized spacial score (nSPS) is 11.3. The zero-order valence-corrected chi connectivity index (χ0v) is 11.4. The van der Waals surface area contributed by atoms with Crippen LogP contribution in [0.25, 0.3) is 10.9 Å². The van der Waals surface area contributed by atoms with Gasteiger partial charge in [0, 0.05) is 25.2 Å². The molecule has 4 nitrogen and oxygen atoms in total. The fraction of sp³-hybridized carbons (Fsp3) is 0.333. The van der Waals surface area contributed by atoms with Crippen molar-refractivity contribution in [1.82, 2.24) is 4.98 Å². The van der Waals surface area contributed by atoms with Crippen molar-refractivity contribution in [2.45, 2.75) is 19.4 Å². The smallest absolute Gasteiger partial charge is 0.103 e. The average Bonchev–Trinajstić information content (AvgIpc) is 2.44. The molecule has 0 aliphatic carbocycles. The largest absolute Gasteiger partial charge is 0.381 e. The van der Waals surface area contributed by atoms with Crippen LogP contribution in [-0.4, -0.2) is 24.2 Å². The van der Waals surface area contributed by atoms with E-state index in [1.165, 1.54) is 0 Å². The molecular formula is C15H17N3O. The summed E-state index contributed by atoms with van der Waals surface area (Å²) in [7, 11) is 1.68. The van der Waals surface area contributed by atoms with Gasteiger partial charge in [-0.2, -0.15) is 5.26 Å². The molecule has 4 heteroatoms. The molecule has 0 aliphatic rings. The molecule has 0 atom stereocenters. The molecule has 0 radical (unpaired) electrons. The summed E-state index contributed by atoms with van der Waals surface area (Å²) < 4.78 is 5.38. The Morgan fingerprint density at radius 1 is 1.37 bits per heavy atom. The fourth-order valence-corrected chi connectivity index (χ4v) is 1.79. The zero-order chi connectivity index (χ0) is 13.9. The van der Waals surface area contributed by atoms with Crippen LogP contribution in [0.15, 0.2) is 30.5 Å². The first-order valence-corrected chi connectivity index (χ1v) is 6.14. The van der Waals surface area contributed by atoms with Crippen molar-refractivity contribution in [2.75, 3.05) is 19.0 Å². The molecule has 0 bridgehead atoms. The summed E-state index contributed by atoms with van der Waals surface area (Å²) in [5.74, 6) is 0. The van der Waals surface area contributed by atoms with Crippen molar-refractivity contribution in [1.29, 1.82) is 5.26 Å². The third-order valence-corrected chi connectivity index (χ3v) is 3.14. The SMILES string of the molecule is COC(C)(C)CNc1c(C#N)cnc2ccccc12. The number of methoxy groups -OCH3 is 1. The number of aromatic nitrogens is 1. The molecule has 19 heavy (non-hydrogen) atoms. The minimum absolute atomic E-state index is 0.295. The molecule has 0 saturated heterocycles. The lowest BCUT2D eigenvalue weighted by Crippen LogP contribution is -2.32. The number of nitrogens with one attached hydrogen (secondary N) is 1. The third kappa shape index (κ3) is 2.83. The van der Waals surface area contributed by atoms with Gasteiger partial charge >= 0.3 is 0 Å². The molecule has 2 aromatic rings. The van der Waals surface area contributed by atoms with Crippen molar-refractivity contribution < 1.29 is 4.74 Å². The number of ether oxygens (including phenoxy) is 1. The molecule has 0 spiro atoms. The fourth-order valence-electron chi connectivity index (χ4n) is 1.79. The molecule has 1 aromatic heterocycles. The number of pyridine rings is 1. The van der Waals surface area contributed by atoms with Gasteiger partial charge in [0.05, 0.1) is 22.4 Å². The van der Waals surface area contributed by atoms with Gasteiger partial charge in [0.15, 0.2) is 0 Å². The van der Waals surface area contributed by atoms with Crippen LogP contribution in [0.1, 0.15) is 19.4 Å².